The number of benzene rings is 1. The van der Waals surface area contributed by atoms with Crippen LogP contribution in [0.4, 0.5) is 0 Å². The molecule has 80 valence electrons. The molecule has 0 aliphatic heterocycles. The van der Waals surface area contributed by atoms with Crippen molar-refractivity contribution in [2.75, 3.05) is 6.54 Å². The standard InChI is InChI=1S/C11H13BrN2S/c12-8-4-5-9-10(7-8)15-11(14-9)3-1-2-6-13/h4-5,7H,1-3,6,13H2. The van der Waals surface area contributed by atoms with E-state index in [1.807, 2.05) is 6.07 Å². The van der Waals surface area contributed by atoms with Crippen molar-refractivity contribution in [1.82, 2.24) is 4.98 Å². The molecule has 1 aromatic carbocycles. The minimum absolute atomic E-state index is 0.774. The third-order valence-electron chi connectivity index (χ3n) is 2.24. The summed E-state index contributed by atoms with van der Waals surface area (Å²) < 4.78 is 2.37. The third-order valence-corrected chi connectivity index (χ3v) is 3.81. The summed E-state index contributed by atoms with van der Waals surface area (Å²) in [4.78, 5) is 4.58. The maximum Gasteiger partial charge on any atom is 0.0938 e. The van der Waals surface area contributed by atoms with Crippen molar-refractivity contribution in [2.24, 2.45) is 5.73 Å². The number of hydrogen-bond donors (Lipinski definition) is 1. The average molecular weight is 285 g/mol. The van der Waals surface area contributed by atoms with Crippen LogP contribution in [0.1, 0.15) is 17.8 Å². The minimum Gasteiger partial charge on any atom is -0.330 e. The molecule has 4 heteroatoms. The predicted octanol–water partition coefficient (Wildman–Crippen LogP) is 3.34. The lowest BCUT2D eigenvalue weighted by Crippen LogP contribution is -1.98. The van der Waals surface area contributed by atoms with E-state index in [0.29, 0.717) is 0 Å². The Bertz CT molecular complexity index is 453. The zero-order valence-corrected chi connectivity index (χ0v) is 10.8. The van der Waals surface area contributed by atoms with E-state index in [4.69, 9.17) is 5.73 Å². The Labute approximate surface area is 102 Å². The van der Waals surface area contributed by atoms with Crippen LogP contribution in [-0.4, -0.2) is 11.5 Å². The molecule has 0 saturated heterocycles. The van der Waals surface area contributed by atoms with Crippen LogP contribution in [0, 0.1) is 0 Å². The Balaban J connectivity index is 2.16. The van der Waals surface area contributed by atoms with Crippen molar-refractivity contribution in [3.8, 4) is 0 Å². The smallest absolute Gasteiger partial charge is 0.0938 e. The van der Waals surface area contributed by atoms with E-state index in [9.17, 15) is 0 Å². The van der Waals surface area contributed by atoms with Gasteiger partial charge in [-0.15, -0.1) is 11.3 Å². The molecule has 0 amide bonds. The summed E-state index contributed by atoms with van der Waals surface area (Å²) in [6.45, 7) is 0.774. The lowest BCUT2D eigenvalue weighted by atomic mass is 10.2. The lowest BCUT2D eigenvalue weighted by Gasteiger charge is -1.92. The van der Waals surface area contributed by atoms with Crippen molar-refractivity contribution < 1.29 is 0 Å². The van der Waals surface area contributed by atoms with Crippen molar-refractivity contribution in [2.45, 2.75) is 19.3 Å². The molecule has 0 fully saturated rings. The van der Waals surface area contributed by atoms with Crippen LogP contribution < -0.4 is 5.73 Å². The summed E-state index contributed by atoms with van der Waals surface area (Å²) >= 11 is 5.25. The van der Waals surface area contributed by atoms with E-state index in [1.54, 1.807) is 11.3 Å². The highest BCUT2D eigenvalue weighted by Crippen LogP contribution is 2.26. The van der Waals surface area contributed by atoms with Gasteiger partial charge in [-0.05, 0) is 44.0 Å². The third kappa shape index (κ3) is 2.77. The first-order chi connectivity index (χ1) is 7.29. The molecule has 2 nitrogen and oxygen atoms in total. The first-order valence-corrected chi connectivity index (χ1v) is 6.65. The highest BCUT2D eigenvalue weighted by Gasteiger charge is 2.03. The first kappa shape index (κ1) is 11.0. The molecule has 0 saturated carbocycles. The normalized spacial score (nSPS) is 11.1. The second kappa shape index (κ2) is 5.05. The largest absolute Gasteiger partial charge is 0.330 e. The second-order valence-corrected chi connectivity index (χ2v) is 5.50. The van der Waals surface area contributed by atoms with Crippen LogP contribution >= 0.6 is 27.3 Å². The number of nitrogens with two attached hydrogens (primary N) is 1. The van der Waals surface area contributed by atoms with Crippen LogP contribution in [0.2, 0.25) is 0 Å². The molecule has 0 aliphatic carbocycles. The quantitative estimate of drug-likeness (QED) is 0.875. The molecule has 2 aromatic rings. The SMILES string of the molecule is NCCCCc1nc2ccc(Br)cc2s1. The van der Waals surface area contributed by atoms with Gasteiger partial charge in [-0.3, -0.25) is 0 Å². The Kier molecular flexibility index (Phi) is 3.72. The lowest BCUT2D eigenvalue weighted by molar-refractivity contribution is 0.742. The van der Waals surface area contributed by atoms with Crippen molar-refractivity contribution >= 4 is 37.5 Å². The summed E-state index contributed by atoms with van der Waals surface area (Å²) in [7, 11) is 0. The molecule has 0 bridgehead atoms. The number of aryl methyl sites for hydroxylation is 1. The number of hydrogen-bond acceptors (Lipinski definition) is 3. The molecular weight excluding hydrogens is 272 g/mol. The van der Waals surface area contributed by atoms with Gasteiger partial charge in [0.1, 0.15) is 0 Å². The molecule has 15 heavy (non-hydrogen) atoms. The maximum absolute atomic E-state index is 5.46. The van der Waals surface area contributed by atoms with E-state index in [0.717, 1.165) is 35.8 Å². The van der Waals surface area contributed by atoms with E-state index < -0.39 is 0 Å². The first-order valence-electron chi connectivity index (χ1n) is 5.04. The molecule has 0 aliphatic rings. The highest BCUT2D eigenvalue weighted by atomic mass is 79.9. The number of aromatic nitrogens is 1. The molecule has 2 rings (SSSR count). The van der Waals surface area contributed by atoms with Gasteiger partial charge in [-0.1, -0.05) is 15.9 Å². The Hall–Kier alpha value is -0.450. The van der Waals surface area contributed by atoms with Crippen molar-refractivity contribution in [3.63, 3.8) is 0 Å². The molecule has 0 unspecified atom stereocenters. The monoisotopic (exact) mass is 284 g/mol. The van der Waals surface area contributed by atoms with Crippen LogP contribution in [0.15, 0.2) is 22.7 Å². The summed E-state index contributed by atoms with van der Waals surface area (Å²) in [6, 6.07) is 6.22. The minimum atomic E-state index is 0.774. The number of unbranched alkanes of at least 4 members (excludes halogenated alkanes) is 1. The van der Waals surface area contributed by atoms with E-state index in [2.05, 4.69) is 33.0 Å². The van der Waals surface area contributed by atoms with Gasteiger partial charge in [0.25, 0.3) is 0 Å². The highest BCUT2D eigenvalue weighted by molar-refractivity contribution is 9.10. The number of nitrogens with zero attached hydrogens (tertiary/aromatic N) is 1. The summed E-state index contributed by atoms with van der Waals surface area (Å²) in [5, 5.41) is 1.22. The molecule has 2 N–H and O–H groups in total. The summed E-state index contributed by atoms with van der Waals surface area (Å²) in [5.41, 5.74) is 6.57. The van der Waals surface area contributed by atoms with Gasteiger partial charge < -0.3 is 5.73 Å². The molecule has 1 heterocycles. The Morgan fingerprint density at radius 1 is 1.33 bits per heavy atom. The molecule has 0 atom stereocenters. The average Bonchev–Trinajstić information content (AvgIpc) is 2.60. The predicted molar refractivity (Wildman–Crippen MR) is 69.3 cm³/mol. The molecular formula is C11H13BrN2S. The zero-order chi connectivity index (χ0) is 10.7. The van der Waals surface area contributed by atoms with Gasteiger partial charge in [0.2, 0.25) is 0 Å². The number of rotatable bonds is 4. The van der Waals surface area contributed by atoms with Gasteiger partial charge in [0.15, 0.2) is 0 Å². The van der Waals surface area contributed by atoms with Gasteiger partial charge in [0.05, 0.1) is 15.2 Å². The van der Waals surface area contributed by atoms with E-state index in [1.165, 1.54) is 9.71 Å². The number of fused-ring (bicyclic) bond motifs is 1. The Morgan fingerprint density at radius 3 is 3.00 bits per heavy atom. The number of halogens is 1. The zero-order valence-electron chi connectivity index (χ0n) is 8.37. The summed E-state index contributed by atoms with van der Waals surface area (Å²) in [5.74, 6) is 0. The van der Waals surface area contributed by atoms with Crippen LogP contribution in [0.25, 0.3) is 10.2 Å². The van der Waals surface area contributed by atoms with Crippen molar-refractivity contribution in [1.29, 1.82) is 0 Å². The van der Waals surface area contributed by atoms with E-state index >= 15 is 0 Å². The van der Waals surface area contributed by atoms with Crippen LogP contribution in [0.3, 0.4) is 0 Å². The molecule has 0 spiro atoms. The molecule has 1 aromatic heterocycles. The Morgan fingerprint density at radius 2 is 2.20 bits per heavy atom. The fourth-order valence-corrected chi connectivity index (χ4v) is 3.03. The van der Waals surface area contributed by atoms with E-state index in [-0.39, 0.29) is 0 Å². The summed E-state index contributed by atoms with van der Waals surface area (Å²) in [6.07, 6.45) is 3.27. The maximum atomic E-state index is 5.46. The fraction of sp³-hybridized carbons (Fsp3) is 0.364. The second-order valence-electron chi connectivity index (χ2n) is 3.47. The fourth-order valence-electron chi connectivity index (χ4n) is 1.47. The van der Waals surface area contributed by atoms with Gasteiger partial charge in [-0.2, -0.15) is 0 Å². The van der Waals surface area contributed by atoms with Crippen LogP contribution in [0.5, 0.6) is 0 Å². The van der Waals surface area contributed by atoms with Gasteiger partial charge in [0, 0.05) is 4.47 Å². The molecule has 0 radical (unpaired) electrons. The topological polar surface area (TPSA) is 38.9 Å². The van der Waals surface area contributed by atoms with Gasteiger partial charge in [-0.25, -0.2) is 4.98 Å². The number of thiazole rings is 1. The van der Waals surface area contributed by atoms with Crippen molar-refractivity contribution in [3.05, 3.63) is 27.7 Å². The van der Waals surface area contributed by atoms with Crippen LogP contribution in [-0.2, 0) is 6.42 Å². The van der Waals surface area contributed by atoms with Gasteiger partial charge >= 0.3 is 0 Å².